The maximum absolute atomic E-state index is 12.1. The molecule has 24 heavy (non-hydrogen) atoms. The Balaban J connectivity index is 1.97. The number of carbonyl (C=O) groups excluding carboxylic acids is 1. The minimum absolute atomic E-state index is 0.0798. The average Bonchev–Trinajstić information content (AvgIpc) is 3.07. The van der Waals surface area contributed by atoms with Gasteiger partial charge in [0.2, 0.25) is 15.9 Å². The Morgan fingerprint density at radius 2 is 2.00 bits per heavy atom. The molecule has 0 aliphatic heterocycles. The second kappa shape index (κ2) is 7.89. The molecule has 0 aliphatic carbocycles. The van der Waals surface area contributed by atoms with Crippen molar-refractivity contribution in [1.82, 2.24) is 9.62 Å². The molecular formula is C16H21N3O3S2. The van der Waals surface area contributed by atoms with E-state index in [0.29, 0.717) is 5.69 Å². The number of anilines is 1. The second-order valence-electron chi connectivity index (χ2n) is 5.48. The molecule has 1 heterocycles. The third-order valence-electron chi connectivity index (χ3n) is 3.44. The summed E-state index contributed by atoms with van der Waals surface area (Å²) >= 11 is 1.63. The monoisotopic (exact) mass is 367 g/mol. The molecule has 1 atom stereocenters. The summed E-state index contributed by atoms with van der Waals surface area (Å²) in [7, 11) is -0.585. The van der Waals surface area contributed by atoms with Crippen molar-refractivity contribution in [2.75, 3.05) is 26.0 Å². The lowest BCUT2D eigenvalue weighted by atomic mass is 10.2. The van der Waals surface area contributed by atoms with Gasteiger partial charge in [0.1, 0.15) is 0 Å². The van der Waals surface area contributed by atoms with Gasteiger partial charge in [-0.2, -0.15) is 0 Å². The van der Waals surface area contributed by atoms with Gasteiger partial charge in [-0.3, -0.25) is 4.79 Å². The number of benzene rings is 1. The van der Waals surface area contributed by atoms with E-state index in [4.69, 9.17) is 0 Å². The quantitative estimate of drug-likeness (QED) is 0.787. The van der Waals surface area contributed by atoms with Crippen molar-refractivity contribution in [2.45, 2.75) is 17.9 Å². The first-order chi connectivity index (χ1) is 11.3. The lowest BCUT2D eigenvalue weighted by Gasteiger charge is -2.14. The van der Waals surface area contributed by atoms with Crippen molar-refractivity contribution in [3.8, 4) is 0 Å². The molecule has 0 radical (unpaired) electrons. The van der Waals surface area contributed by atoms with Crippen LogP contribution >= 0.6 is 11.3 Å². The van der Waals surface area contributed by atoms with Gasteiger partial charge in [0.25, 0.3) is 0 Å². The Labute approximate surface area is 146 Å². The first kappa shape index (κ1) is 18.6. The topological polar surface area (TPSA) is 78.5 Å². The molecule has 0 saturated carbocycles. The molecule has 1 amide bonds. The number of carbonyl (C=O) groups is 1. The van der Waals surface area contributed by atoms with Crippen molar-refractivity contribution in [3.63, 3.8) is 0 Å². The number of hydrogen-bond donors (Lipinski definition) is 2. The van der Waals surface area contributed by atoms with Gasteiger partial charge < -0.3 is 10.6 Å². The van der Waals surface area contributed by atoms with Gasteiger partial charge >= 0.3 is 0 Å². The fraction of sp³-hybridized carbons (Fsp3) is 0.312. The molecular weight excluding hydrogens is 346 g/mol. The molecule has 0 unspecified atom stereocenters. The maximum atomic E-state index is 12.1. The van der Waals surface area contributed by atoms with E-state index in [9.17, 15) is 13.2 Å². The summed E-state index contributed by atoms with van der Waals surface area (Å²) in [4.78, 5) is 13.3. The zero-order valence-electron chi connectivity index (χ0n) is 13.8. The van der Waals surface area contributed by atoms with Crippen LogP contribution in [0.4, 0.5) is 5.69 Å². The SMILES string of the molecule is C[C@@H](NCC(=O)Nc1cccc(S(=O)(=O)N(C)C)c1)c1cccs1. The molecule has 1 aromatic carbocycles. The van der Waals surface area contributed by atoms with E-state index in [1.807, 2.05) is 24.4 Å². The van der Waals surface area contributed by atoms with E-state index < -0.39 is 10.0 Å². The number of amides is 1. The smallest absolute Gasteiger partial charge is 0.242 e. The van der Waals surface area contributed by atoms with Crippen LogP contribution in [0.2, 0.25) is 0 Å². The average molecular weight is 367 g/mol. The minimum Gasteiger partial charge on any atom is -0.325 e. The Morgan fingerprint density at radius 1 is 1.25 bits per heavy atom. The van der Waals surface area contributed by atoms with E-state index >= 15 is 0 Å². The van der Waals surface area contributed by atoms with Gasteiger partial charge in [0.15, 0.2) is 0 Å². The number of rotatable bonds is 7. The normalized spacial score (nSPS) is 13.0. The van der Waals surface area contributed by atoms with E-state index in [1.54, 1.807) is 23.5 Å². The summed E-state index contributed by atoms with van der Waals surface area (Å²) in [6.07, 6.45) is 0. The fourth-order valence-electron chi connectivity index (χ4n) is 2.03. The van der Waals surface area contributed by atoms with Crippen LogP contribution in [0.5, 0.6) is 0 Å². The molecule has 0 saturated heterocycles. The molecule has 8 heteroatoms. The second-order valence-corrected chi connectivity index (χ2v) is 8.61. The fourth-order valence-corrected chi connectivity index (χ4v) is 3.74. The summed E-state index contributed by atoms with van der Waals surface area (Å²) < 4.78 is 25.4. The van der Waals surface area contributed by atoms with Crippen LogP contribution in [0.25, 0.3) is 0 Å². The van der Waals surface area contributed by atoms with Crippen molar-refractivity contribution < 1.29 is 13.2 Å². The van der Waals surface area contributed by atoms with Crippen LogP contribution in [-0.4, -0.2) is 39.3 Å². The molecule has 0 bridgehead atoms. The van der Waals surface area contributed by atoms with Crippen LogP contribution in [0, 0.1) is 0 Å². The van der Waals surface area contributed by atoms with Gasteiger partial charge in [-0.25, -0.2) is 12.7 Å². The van der Waals surface area contributed by atoms with Crippen molar-refractivity contribution in [2.24, 2.45) is 0 Å². The van der Waals surface area contributed by atoms with E-state index in [0.717, 1.165) is 9.18 Å². The first-order valence-corrected chi connectivity index (χ1v) is 9.72. The highest BCUT2D eigenvalue weighted by Gasteiger charge is 2.17. The van der Waals surface area contributed by atoms with Crippen molar-refractivity contribution >= 4 is 33.0 Å². The third kappa shape index (κ3) is 4.64. The van der Waals surface area contributed by atoms with Crippen LogP contribution in [0.3, 0.4) is 0 Å². The van der Waals surface area contributed by atoms with Gasteiger partial charge in [-0.05, 0) is 36.6 Å². The Morgan fingerprint density at radius 3 is 2.62 bits per heavy atom. The summed E-state index contributed by atoms with van der Waals surface area (Å²) in [5.41, 5.74) is 0.452. The number of nitrogens with one attached hydrogen (secondary N) is 2. The molecule has 0 aliphatic rings. The van der Waals surface area contributed by atoms with Crippen molar-refractivity contribution in [3.05, 3.63) is 46.7 Å². The number of hydrogen-bond acceptors (Lipinski definition) is 5. The molecule has 130 valence electrons. The Bertz CT molecular complexity index is 787. The Kier molecular flexibility index (Phi) is 6.11. The number of nitrogens with zero attached hydrogens (tertiary/aromatic N) is 1. The van der Waals surface area contributed by atoms with Gasteiger partial charge in [0, 0.05) is 30.7 Å². The molecule has 1 aromatic heterocycles. The minimum atomic E-state index is -3.52. The summed E-state index contributed by atoms with van der Waals surface area (Å²) in [6.45, 7) is 2.13. The molecule has 2 rings (SSSR count). The standard InChI is InChI=1S/C16H21N3O3S2/c1-12(15-8-5-9-23-15)17-11-16(20)18-13-6-4-7-14(10-13)24(21,22)19(2)3/h4-10,12,17H,11H2,1-3H3,(H,18,20)/t12-/m1/s1. The summed E-state index contributed by atoms with van der Waals surface area (Å²) in [5.74, 6) is -0.224. The molecule has 6 nitrogen and oxygen atoms in total. The van der Waals surface area contributed by atoms with Gasteiger partial charge in [-0.1, -0.05) is 12.1 Å². The van der Waals surface area contributed by atoms with Crippen molar-refractivity contribution in [1.29, 1.82) is 0 Å². The number of thiophene rings is 1. The maximum Gasteiger partial charge on any atom is 0.242 e. The van der Waals surface area contributed by atoms with Gasteiger partial charge in [-0.15, -0.1) is 11.3 Å². The van der Waals surface area contributed by atoms with Crippen LogP contribution < -0.4 is 10.6 Å². The van der Waals surface area contributed by atoms with Crippen LogP contribution in [0.15, 0.2) is 46.7 Å². The lowest BCUT2D eigenvalue weighted by Crippen LogP contribution is -2.30. The first-order valence-electron chi connectivity index (χ1n) is 7.40. The lowest BCUT2D eigenvalue weighted by molar-refractivity contribution is -0.115. The largest absolute Gasteiger partial charge is 0.325 e. The summed E-state index contributed by atoms with van der Waals surface area (Å²) in [5, 5.41) is 7.84. The van der Waals surface area contributed by atoms with E-state index in [2.05, 4.69) is 10.6 Å². The van der Waals surface area contributed by atoms with Gasteiger partial charge in [0.05, 0.1) is 11.4 Å². The highest BCUT2D eigenvalue weighted by atomic mass is 32.2. The molecule has 2 N–H and O–H groups in total. The third-order valence-corrected chi connectivity index (χ3v) is 6.30. The zero-order chi connectivity index (χ0) is 17.7. The highest BCUT2D eigenvalue weighted by Crippen LogP contribution is 2.19. The summed E-state index contributed by atoms with van der Waals surface area (Å²) in [6, 6.07) is 10.3. The van der Waals surface area contributed by atoms with E-state index in [-0.39, 0.29) is 23.4 Å². The van der Waals surface area contributed by atoms with Crippen LogP contribution in [-0.2, 0) is 14.8 Å². The van der Waals surface area contributed by atoms with E-state index in [1.165, 1.54) is 26.2 Å². The predicted octanol–water partition coefficient (Wildman–Crippen LogP) is 2.29. The highest BCUT2D eigenvalue weighted by molar-refractivity contribution is 7.89. The predicted molar refractivity (Wildman–Crippen MR) is 96.7 cm³/mol. The molecule has 0 fully saturated rings. The van der Waals surface area contributed by atoms with Crippen LogP contribution in [0.1, 0.15) is 17.8 Å². The Hall–Kier alpha value is -1.74. The number of sulfonamides is 1. The molecule has 0 spiro atoms. The zero-order valence-corrected chi connectivity index (χ0v) is 15.4. The molecule has 2 aromatic rings.